The van der Waals surface area contributed by atoms with Gasteiger partial charge in [0.1, 0.15) is 0 Å². The summed E-state index contributed by atoms with van der Waals surface area (Å²) in [7, 11) is 0. The quantitative estimate of drug-likeness (QED) is 0.529. The van der Waals surface area contributed by atoms with E-state index in [1.807, 2.05) is 6.92 Å². The van der Waals surface area contributed by atoms with Crippen molar-refractivity contribution in [3.05, 3.63) is 0 Å². The first kappa shape index (κ1) is 13.9. The lowest BCUT2D eigenvalue weighted by atomic mass is 10.2. The van der Waals surface area contributed by atoms with Crippen molar-refractivity contribution >= 4 is 0 Å². The van der Waals surface area contributed by atoms with Crippen LogP contribution in [0.1, 0.15) is 39.5 Å². The summed E-state index contributed by atoms with van der Waals surface area (Å²) in [6.07, 6.45) is 4.26. The van der Waals surface area contributed by atoms with Gasteiger partial charge in [0.05, 0.1) is 0 Å². The van der Waals surface area contributed by atoms with Crippen LogP contribution in [0.5, 0.6) is 0 Å². The summed E-state index contributed by atoms with van der Waals surface area (Å²) >= 11 is 0. The van der Waals surface area contributed by atoms with Crippen molar-refractivity contribution in [2.45, 2.75) is 45.6 Å². The Bertz CT molecular complexity index is 109. The number of aliphatic hydroxyl groups is 1. The van der Waals surface area contributed by atoms with Gasteiger partial charge >= 0.3 is 0 Å². The van der Waals surface area contributed by atoms with Gasteiger partial charge in [0.15, 0.2) is 0 Å². The second-order valence-corrected chi connectivity index (χ2v) is 3.63. The second kappa shape index (κ2) is 11.0. The van der Waals surface area contributed by atoms with Gasteiger partial charge in [-0.25, -0.2) is 0 Å². The predicted octanol–water partition coefficient (Wildman–Crippen LogP) is 1.55. The summed E-state index contributed by atoms with van der Waals surface area (Å²) in [5.41, 5.74) is 0. The van der Waals surface area contributed by atoms with Crippen LogP contribution in [-0.4, -0.2) is 37.5 Å². The Morgan fingerprint density at radius 2 is 2.07 bits per heavy atom. The Morgan fingerprint density at radius 3 is 2.71 bits per heavy atom. The second-order valence-electron chi connectivity index (χ2n) is 3.63. The molecule has 2 N–H and O–H groups in total. The molecule has 0 radical (unpaired) electrons. The first-order valence-electron chi connectivity index (χ1n) is 5.73. The Hall–Kier alpha value is -0.120. The molecule has 0 aliphatic rings. The van der Waals surface area contributed by atoms with E-state index in [1.165, 1.54) is 6.42 Å². The van der Waals surface area contributed by atoms with Crippen molar-refractivity contribution in [3.8, 4) is 0 Å². The van der Waals surface area contributed by atoms with Crippen LogP contribution in [-0.2, 0) is 4.74 Å². The number of ether oxygens (including phenoxy) is 1. The first-order valence-corrected chi connectivity index (χ1v) is 5.73. The molecule has 0 heterocycles. The number of hydrogen-bond donors (Lipinski definition) is 2. The van der Waals surface area contributed by atoms with Crippen LogP contribution in [0.2, 0.25) is 0 Å². The highest BCUT2D eigenvalue weighted by Gasteiger charge is 1.99. The van der Waals surface area contributed by atoms with E-state index in [0.29, 0.717) is 12.6 Å². The molecule has 0 saturated carbocycles. The van der Waals surface area contributed by atoms with Crippen LogP contribution in [0.3, 0.4) is 0 Å². The van der Waals surface area contributed by atoms with Crippen molar-refractivity contribution in [2.75, 3.05) is 26.4 Å². The van der Waals surface area contributed by atoms with Gasteiger partial charge in [-0.15, -0.1) is 0 Å². The van der Waals surface area contributed by atoms with Gasteiger partial charge in [-0.1, -0.05) is 0 Å². The SMILES string of the molecule is CCOCCCCNC(C)CCCO. The van der Waals surface area contributed by atoms with Crippen LogP contribution >= 0.6 is 0 Å². The average molecular weight is 203 g/mol. The lowest BCUT2D eigenvalue weighted by Crippen LogP contribution is -2.27. The normalized spacial score (nSPS) is 13.1. The van der Waals surface area contributed by atoms with Crippen LogP contribution < -0.4 is 5.32 Å². The topological polar surface area (TPSA) is 41.5 Å². The molecule has 0 aromatic heterocycles. The summed E-state index contributed by atoms with van der Waals surface area (Å²) in [6, 6.07) is 0.522. The van der Waals surface area contributed by atoms with Crippen molar-refractivity contribution in [1.82, 2.24) is 5.32 Å². The molecule has 1 unspecified atom stereocenters. The number of rotatable bonds is 10. The molecule has 3 nitrogen and oxygen atoms in total. The van der Waals surface area contributed by atoms with E-state index in [1.54, 1.807) is 0 Å². The molecule has 0 aliphatic carbocycles. The fourth-order valence-corrected chi connectivity index (χ4v) is 1.32. The van der Waals surface area contributed by atoms with Crippen LogP contribution in [0.4, 0.5) is 0 Å². The molecular formula is C11H25NO2. The third kappa shape index (κ3) is 9.96. The Balaban J connectivity index is 3.02. The lowest BCUT2D eigenvalue weighted by Gasteiger charge is -2.12. The number of unbranched alkanes of at least 4 members (excludes halogenated alkanes) is 1. The smallest absolute Gasteiger partial charge is 0.0466 e. The molecule has 0 saturated heterocycles. The summed E-state index contributed by atoms with van der Waals surface area (Å²) in [5, 5.41) is 12.1. The standard InChI is InChI=1S/C11H25NO2/c1-3-14-10-5-4-8-12-11(2)7-6-9-13/h11-13H,3-10H2,1-2H3. The predicted molar refractivity (Wildman–Crippen MR) is 59.5 cm³/mol. The van der Waals surface area contributed by atoms with Gasteiger partial charge in [0.2, 0.25) is 0 Å². The van der Waals surface area contributed by atoms with Crippen LogP contribution in [0.15, 0.2) is 0 Å². The lowest BCUT2D eigenvalue weighted by molar-refractivity contribution is 0.143. The number of aliphatic hydroxyl groups excluding tert-OH is 1. The van der Waals surface area contributed by atoms with E-state index in [4.69, 9.17) is 9.84 Å². The zero-order valence-corrected chi connectivity index (χ0v) is 9.59. The molecule has 0 spiro atoms. The van der Waals surface area contributed by atoms with Crippen molar-refractivity contribution < 1.29 is 9.84 Å². The molecular weight excluding hydrogens is 178 g/mol. The van der Waals surface area contributed by atoms with Gasteiger partial charge in [-0.3, -0.25) is 0 Å². The number of nitrogens with one attached hydrogen (secondary N) is 1. The van der Waals surface area contributed by atoms with Gasteiger partial charge in [0.25, 0.3) is 0 Å². The van der Waals surface area contributed by atoms with E-state index < -0.39 is 0 Å². The maximum atomic E-state index is 8.64. The van der Waals surface area contributed by atoms with E-state index >= 15 is 0 Å². The Kier molecular flexibility index (Phi) is 10.9. The van der Waals surface area contributed by atoms with Crippen LogP contribution in [0.25, 0.3) is 0 Å². The Labute approximate surface area is 87.8 Å². The van der Waals surface area contributed by atoms with Crippen molar-refractivity contribution in [1.29, 1.82) is 0 Å². The first-order chi connectivity index (χ1) is 6.81. The molecule has 14 heavy (non-hydrogen) atoms. The maximum absolute atomic E-state index is 8.64. The van der Waals surface area contributed by atoms with Crippen LogP contribution in [0, 0.1) is 0 Å². The van der Waals surface area contributed by atoms with Gasteiger partial charge in [0, 0.05) is 25.9 Å². The minimum absolute atomic E-state index is 0.302. The van der Waals surface area contributed by atoms with Crippen molar-refractivity contribution in [3.63, 3.8) is 0 Å². The summed E-state index contributed by atoms with van der Waals surface area (Å²) in [5.74, 6) is 0. The molecule has 86 valence electrons. The molecule has 1 atom stereocenters. The monoisotopic (exact) mass is 203 g/mol. The average Bonchev–Trinajstić information content (AvgIpc) is 2.20. The van der Waals surface area contributed by atoms with Gasteiger partial charge in [-0.05, 0) is 46.1 Å². The fraction of sp³-hybridized carbons (Fsp3) is 1.00. The molecule has 0 amide bonds. The summed E-state index contributed by atoms with van der Waals surface area (Å²) in [4.78, 5) is 0. The summed E-state index contributed by atoms with van der Waals surface area (Å²) in [6.45, 7) is 7.24. The van der Waals surface area contributed by atoms with E-state index in [9.17, 15) is 0 Å². The highest BCUT2D eigenvalue weighted by Crippen LogP contribution is 1.96. The largest absolute Gasteiger partial charge is 0.396 e. The van der Waals surface area contributed by atoms with Crippen molar-refractivity contribution in [2.24, 2.45) is 0 Å². The van der Waals surface area contributed by atoms with E-state index in [2.05, 4.69) is 12.2 Å². The zero-order chi connectivity index (χ0) is 10.6. The van der Waals surface area contributed by atoms with Gasteiger partial charge < -0.3 is 15.2 Å². The maximum Gasteiger partial charge on any atom is 0.0466 e. The summed E-state index contributed by atoms with van der Waals surface area (Å²) < 4.78 is 5.24. The molecule has 0 rings (SSSR count). The minimum Gasteiger partial charge on any atom is -0.396 e. The molecule has 0 aromatic carbocycles. The fourth-order valence-electron chi connectivity index (χ4n) is 1.32. The van der Waals surface area contributed by atoms with E-state index in [0.717, 1.165) is 39.0 Å². The molecule has 0 fully saturated rings. The third-order valence-corrected chi connectivity index (χ3v) is 2.21. The molecule has 0 bridgehead atoms. The minimum atomic E-state index is 0.302. The van der Waals surface area contributed by atoms with Gasteiger partial charge in [-0.2, -0.15) is 0 Å². The molecule has 0 aromatic rings. The number of hydrogen-bond acceptors (Lipinski definition) is 3. The Morgan fingerprint density at radius 1 is 1.29 bits per heavy atom. The van der Waals surface area contributed by atoms with E-state index in [-0.39, 0.29) is 0 Å². The zero-order valence-electron chi connectivity index (χ0n) is 9.59. The molecule has 3 heteroatoms. The highest BCUT2D eigenvalue weighted by molar-refractivity contribution is 4.59. The highest BCUT2D eigenvalue weighted by atomic mass is 16.5. The third-order valence-electron chi connectivity index (χ3n) is 2.21. The molecule has 0 aliphatic heterocycles.